The Morgan fingerprint density at radius 2 is 1.65 bits per heavy atom. The Bertz CT molecular complexity index is 408. The van der Waals surface area contributed by atoms with Gasteiger partial charge in [-0.05, 0) is 0 Å². The van der Waals surface area contributed by atoms with E-state index in [1.165, 1.54) is 0 Å². The summed E-state index contributed by atoms with van der Waals surface area (Å²) in [6, 6.07) is 0. The van der Waals surface area contributed by atoms with Crippen LogP contribution in [0.1, 0.15) is 0 Å². The molecule has 0 amide bonds. The van der Waals surface area contributed by atoms with E-state index in [1.54, 1.807) is 0 Å². The molecule has 2 aliphatic heterocycles. The number of aliphatic hydroxyl groups excluding tert-OH is 7. The molecule has 11 heteroatoms. The molecule has 8 N–H and O–H groups in total. The molecule has 0 radical (unpaired) electrons. The molecule has 136 valence electrons. The second-order valence-corrected chi connectivity index (χ2v) is 5.69. The van der Waals surface area contributed by atoms with E-state index >= 15 is 0 Å². The third kappa shape index (κ3) is 3.23. The molecule has 2 rings (SSSR count). The molecule has 0 bridgehead atoms. The van der Waals surface area contributed by atoms with Crippen LogP contribution in [0.2, 0.25) is 0 Å². The van der Waals surface area contributed by atoms with Gasteiger partial charge in [-0.1, -0.05) is 0 Å². The highest BCUT2D eigenvalue weighted by atomic mass is 16.8. The Balaban J connectivity index is 2.09. The molecule has 0 aromatic rings. The van der Waals surface area contributed by atoms with Crippen LogP contribution in [0.4, 0.5) is 0 Å². The van der Waals surface area contributed by atoms with Crippen LogP contribution in [0, 0.1) is 0 Å². The Morgan fingerprint density at radius 3 is 2.17 bits per heavy atom. The van der Waals surface area contributed by atoms with E-state index in [-0.39, 0.29) is 0 Å². The van der Waals surface area contributed by atoms with E-state index in [4.69, 9.17) is 19.3 Å². The molecule has 2 aliphatic rings. The van der Waals surface area contributed by atoms with Crippen molar-refractivity contribution in [2.45, 2.75) is 48.2 Å². The fourth-order valence-electron chi connectivity index (χ4n) is 2.54. The topological polar surface area (TPSA) is 190 Å². The Morgan fingerprint density at radius 1 is 1.00 bits per heavy atom. The Hall–Kier alpha value is -0.440. The minimum Gasteiger partial charge on any atom is -0.394 e. The third-order valence-corrected chi connectivity index (χ3v) is 4.11. The zero-order chi connectivity index (χ0) is 17.4. The van der Waals surface area contributed by atoms with Gasteiger partial charge in [0, 0.05) is 0 Å². The summed E-state index contributed by atoms with van der Waals surface area (Å²) in [4.78, 5) is 0. The van der Waals surface area contributed by atoms with Crippen LogP contribution in [0.15, 0.2) is 0 Å². The summed E-state index contributed by atoms with van der Waals surface area (Å²) in [5.41, 5.74) is 0. The second kappa shape index (κ2) is 6.82. The summed E-state index contributed by atoms with van der Waals surface area (Å²) >= 11 is 0. The van der Waals surface area contributed by atoms with Crippen LogP contribution in [0.5, 0.6) is 0 Å². The number of hydrogen-bond acceptors (Lipinski definition) is 11. The predicted octanol–water partition coefficient (Wildman–Crippen LogP) is -5.39. The lowest BCUT2D eigenvalue weighted by molar-refractivity contribution is -0.366. The zero-order valence-corrected chi connectivity index (χ0v) is 12.1. The Labute approximate surface area is 130 Å². The van der Waals surface area contributed by atoms with Crippen LogP contribution >= 0.6 is 0 Å². The van der Waals surface area contributed by atoms with Gasteiger partial charge < -0.3 is 55.1 Å². The van der Waals surface area contributed by atoms with E-state index in [0.29, 0.717) is 0 Å². The van der Waals surface area contributed by atoms with Crippen molar-refractivity contribution in [1.29, 1.82) is 0 Å². The van der Waals surface area contributed by atoms with Gasteiger partial charge in [0.2, 0.25) is 11.6 Å². The minimum atomic E-state index is -2.44. The van der Waals surface area contributed by atoms with Crippen LogP contribution in [-0.2, 0) is 14.2 Å². The summed E-state index contributed by atoms with van der Waals surface area (Å²) in [5, 5.41) is 77.0. The molecule has 2 heterocycles. The van der Waals surface area contributed by atoms with Crippen molar-refractivity contribution in [2.75, 3.05) is 26.4 Å². The number of rotatable bonds is 5. The number of aliphatic hydroxyl groups is 8. The summed E-state index contributed by atoms with van der Waals surface area (Å²) in [6.45, 7) is -2.94. The summed E-state index contributed by atoms with van der Waals surface area (Å²) in [7, 11) is 0. The molecular weight excluding hydrogens is 320 g/mol. The average molecular weight is 342 g/mol. The Kier molecular flexibility index (Phi) is 5.60. The summed E-state index contributed by atoms with van der Waals surface area (Å²) < 4.78 is 15.1. The lowest BCUT2D eigenvalue weighted by Gasteiger charge is -2.43. The number of ether oxygens (including phenoxy) is 3. The highest BCUT2D eigenvalue weighted by Gasteiger charge is 2.57. The molecule has 2 fully saturated rings. The van der Waals surface area contributed by atoms with E-state index in [1.807, 2.05) is 0 Å². The number of hydrogen-bond donors (Lipinski definition) is 8. The molecular formula is C12H22O11. The van der Waals surface area contributed by atoms with E-state index < -0.39 is 74.6 Å². The van der Waals surface area contributed by atoms with Gasteiger partial charge in [-0.15, -0.1) is 0 Å². The summed E-state index contributed by atoms with van der Waals surface area (Å²) in [6.07, 6.45) is -9.56. The van der Waals surface area contributed by atoms with Crippen molar-refractivity contribution in [3.63, 3.8) is 0 Å². The highest BCUT2D eigenvalue weighted by molar-refractivity contribution is 4.98. The van der Waals surface area contributed by atoms with Crippen LogP contribution in [0.3, 0.4) is 0 Å². The maximum Gasteiger partial charge on any atom is 0.221 e. The van der Waals surface area contributed by atoms with Crippen molar-refractivity contribution in [3.8, 4) is 0 Å². The first kappa shape index (κ1) is 18.9. The van der Waals surface area contributed by atoms with Gasteiger partial charge in [0.05, 0.1) is 13.2 Å². The largest absolute Gasteiger partial charge is 0.394 e. The quantitative estimate of drug-likeness (QED) is 0.238. The van der Waals surface area contributed by atoms with Gasteiger partial charge in [0.15, 0.2) is 0 Å². The van der Waals surface area contributed by atoms with Gasteiger partial charge in [0.1, 0.15) is 49.8 Å². The van der Waals surface area contributed by atoms with Gasteiger partial charge in [-0.25, -0.2) is 0 Å². The molecule has 2 saturated heterocycles. The lowest BCUT2D eigenvalue weighted by Crippen LogP contribution is -2.64. The zero-order valence-electron chi connectivity index (χ0n) is 12.1. The average Bonchev–Trinajstić information content (AvgIpc) is 2.80. The van der Waals surface area contributed by atoms with Crippen molar-refractivity contribution in [2.24, 2.45) is 0 Å². The van der Waals surface area contributed by atoms with Crippen molar-refractivity contribution < 1.29 is 55.1 Å². The standard InChI is InChI=1S/C12H22O11/c13-1-6-8(17)10(19)12(3-14,23-6)22-4-11(20)9(18)7(16)5(15)2-21-11/h5-10,13-20H,1-4H2/t5-,6-,7-,8-,9+,10+,11+,12-/m1/s1. The fraction of sp³-hybridized carbons (Fsp3) is 1.00. The monoisotopic (exact) mass is 342 g/mol. The van der Waals surface area contributed by atoms with Gasteiger partial charge in [-0.2, -0.15) is 0 Å². The fourth-order valence-corrected chi connectivity index (χ4v) is 2.54. The van der Waals surface area contributed by atoms with Crippen LogP contribution in [0.25, 0.3) is 0 Å². The van der Waals surface area contributed by atoms with Crippen molar-refractivity contribution in [3.05, 3.63) is 0 Å². The van der Waals surface area contributed by atoms with Crippen molar-refractivity contribution >= 4 is 0 Å². The van der Waals surface area contributed by atoms with E-state index in [2.05, 4.69) is 0 Å². The highest BCUT2D eigenvalue weighted by Crippen LogP contribution is 2.34. The molecule has 0 unspecified atom stereocenters. The molecule has 23 heavy (non-hydrogen) atoms. The molecule has 0 spiro atoms. The minimum absolute atomic E-state index is 0.491. The smallest absolute Gasteiger partial charge is 0.221 e. The van der Waals surface area contributed by atoms with E-state index in [0.717, 1.165) is 0 Å². The first-order chi connectivity index (χ1) is 10.7. The van der Waals surface area contributed by atoms with Gasteiger partial charge in [-0.3, -0.25) is 0 Å². The molecule has 0 aromatic carbocycles. The van der Waals surface area contributed by atoms with Gasteiger partial charge in [0.25, 0.3) is 0 Å². The second-order valence-electron chi connectivity index (χ2n) is 5.69. The normalized spacial score (nSPS) is 51.1. The van der Waals surface area contributed by atoms with E-state index in [9.17, 15) is 35.7 Å². The molecule has 8 atom stereocenters. The van der Waals surface area contributed by atoms with Crippen LogP contribution < -0.4 is 0 Å². The molecule has 0 saturated carbocycles. The van der Waals surface area contributed by atoms with Crippen molar-refractivity contribution in [1.82, 2.24) is 0 Å². The molecule has 0 aromatic heterocycles. The lowest BCUT2D eigenvalue weighted by atomic mass is 9.97. The first-order valence-electron chi connectivity index (χ1n) is 7.01. The SMILES string of the molecule is OC[C@H]1O[C@@](CO)(OC[C@]2(O)OC[C@@H](O)[C@@H](O)[C@@H]2O)[C@@H](O)[C@@H]1O. The summed E-state index contributed by atoms with van der Waals surface area (Å²) in [5.74, 6) is -4.60. The first-order valence-corrected chi connectivity index (χ1v) is 7.01. The molecule has 11 nitrogen and oxygen atoms in total. The predicted molar refractivity (Wildman–Crippen MR) is 68.7 cm³/mol. The van der Waals surface area contributed by atoms with Crippen LogP contribution in [-0.4, -0.2) is 115 Å². The van der Waals surface area contributed by atoms with Gasteiger partial charge >= 0.3 is 0 Å². The molecule has 0 aliphatic carbocycles. The maximum absolute atomic E-state index is 10.2. The third-order valence-electron chi connectivity index (χ3n) is 4.11. The maximum atomic E-state index is 10.2.